The van der Waals surface area contributed by atoms with E-state index in [-0.39, 0.29) is 30.0 Å². The normalized spacial score (nSPS) is 21.3. The number of ether oxygens (including phenoxy) is 1. The Bertz CT molecular complexity index is 813. The summed E-state index contributed by atoms with van der Waals surface area (Å²) in [5.41, 5.74) is 8.01. The summed E-state index contributed by atoms with van der Waals surface area (Å²) in [5, 5.41) is 3.50. The van der Waals surface area contributed by atoms with E-state index in [9.17, 15) is 13.0 Å². The molecule has 0 amide bonds. The molecular weight excluding hydrogens is 350 g/mol. The van der Waals surface area contributed by atoms with Gasteiger partial charge in [-0.2, -0.15) is 4.40 Å². The fourth-order valence-electron chi connectivity index (χ4n) is 2.49. The van der Waals surface area contributed by atoms with Crippen molar-refractivity contribution >= 4 is 16.7 Å². The Labute approximate surface area is 147 Å². The summed E-state index contributed by atoms with van der Waals surface area (Å²) < 4.78 is 49.9. The zero-order valence-electron chi connectivity index (χ0n) is 14.8. The van der Waals surface area contributed by atoms with Gasteiger partial charge in [-0.25, -0.2) is 13.0 Å². The Morgan fingerprint density at radius 1 is 1.48 bits per heavy atom. The first-order valence-electron chi connectivity index (χ1n) is 7.67. The molecule has 1 aliphatic rings. The minimum Gasteiger partial charge on any atom is -0.486 e. The van der Waals surface area contributed by atoms with Gasteiger partial charge >= 0.3 is 0 Å². The van der Waals surface area contributed by atoms with Crippen LogP contribution >= 0.6 is 0 Å². The lowest BCUT2D eigenvalue weighted by Gasteiger charge is -2.22. The minimum atomic E-state index is -1.63. The van der Waals surface area contributed by atoms with Crippen LogP contribution in [0.15, 0.2) is 15.6 Å². The van der Waals surface area contributed by atoms with Crippen LogP contribution < -0.4 is 4.74 Å². The van der Waals surface area contributed by atoms with Gasteiger partial charge < -0.3 is 4.74 Å². The number of fused-ring (bicyclic) bond motifs is 1. The minimum absolute atomic E-state index is 0.0188. The lowest BCUT2D eigenvalue weighted by molar-refractivity contribution is 0.125. The summed E-state index contributed by atoms with van der Waals surface area (Å²) in [5.74, 6) is -1.97. The van der Waals surface area contributed by atoms with Gasteiger partial charge in [-0.1, -0.05) is 5.11 Å². The van der Waals surface area contributed by atoms with Crippen LogP contribution in [0.1, 0.15) is 45.7 Å². The zero-order valence-corrected chi connectivity index (χ0v) is 15.6. The molecule has 1 heterocycles. The average Bonchev–Trinajstić information content (AvgIpc) is 2.81. The van der Waals surface area contributed by atoms with Crippen LogP contribution in [0.3, 0.4) is 0 Å². The third-order valence-corrected chi connectivity index (χ3v) is 5.22. The molecule has 1 aromatic carbocycles. The van der Waals surface area contributed by atoms with E-state index in [1.165, 1.54) is 6.92 Å². The van der Waals surface area contributed by atoms with E-state index in [4.69, 9.17) is 10.3 Å². The van der Waals surface area contributed by atoms with Gasteiger partial charge in [0.15, 0.2) is 11.6 Å². The Morgan fingerprint density at radius 2 is 2.12 bits per heavy atom. The topological polar surface area (TPSA) is 87.4 Å². The highest BCUT2D eigenvalue weighted by molar-refractivity contribution is 7.85. The van der Waals surface area contributed by atoms with Crippen LogP contribution in [0.5, 0.6) is 5.75 Å². The molecule has 25 heavy (non-hydrogen) atoms. The summed E-state index contributed by atoms with van der Waals surface area (Å²) in [7, 11) is -1.63. The highest BCUT2D eigenvalue weighted by Gasteiger charge is 2.38. The summed E-state index contributed by atoms with van der Waals surface area (Å²) >= 11 is 0. The van der Waals surface area contributed by atoms with Gasteiger partial charge in [-0.15, -0.1) is 0 Å². The second-order valence-electron chi connectivity index (χ2n) is 7.19. The molecule has 0 spiro atoms. The molecule has 0 aromatic heterocycles. The third kappa shape index (κ3) is 3.99. The molecule has 0 saturated carbocycles. The van der Waals surface area contributed by atoms with E-state index in [0.29, 0.717) is 5.56 Å². The molecule has 2 atom stereocenters. The molecule has 2 rings (SSSR count). The second-order valence-corrected chi connectivity index (χ2v) is 9.10. The summed E-state index contributed by atoms with van der Waals surface area (Å²) in [6.45, 7) is 8.39. The smallest absolute Gasteiger partial charge is 0.171 e. The average molecular weight is 370 g/mol. The predicted molar refractivity (Wildman–Crippen MR) is 93.2 cm³/mol. The van der Waals surface area contributed by atoms with Crippen molar-refractivity contribution in [2.75, 3.05) is 6.54 Å². The molecule has 6 nitrogen and oxygen atoms in total. The van der Waals surface area contributed by atoms with Crippen molar-refractivity contribution < 1.29 is 17.7 Å². The fraction of sp³-hybridized carbons (Fsp3) is 0.562. The Kier molecular flexibility index (Phi) is 5.20. The number of hydrogen-bond acceptors (Lipinski definition) is 3. The van der Waals surface area contributed by atoms with Crippen LogP contribution in [0, 0.1) is 11.6 Å². The summed E-state index contributed by atoms with van der Waals surface area (Å²) in [4.78, 5) is 2.70. The molecule has 136 valence electrons. The van der Waals surface area contributed by atoms with Gasteiger partial charge in [0.05, 0.1) is 22.6 Å². The Balaban J connectivity index is 2.54. The van der Waals surface area contributed by atoms with Gasteiger partial charge in [0, 0.05) is 16.9 Å². The van der Waals surface area contributed by atoms with E-state index in [1.807, 2.05) is 0 Å². The first-order valence-corrected chi connectivity index (χ1v) is 8.77. The van der Waals surface area contributed by atoms with E-state index < -0.39 is 33.0 Å². The number of hydrogen-bond donors (Lipinski definition) is 0. The highest BCUT2D eigenvalue weighted by Crippen LogP contribution is 2.40. The second kappa shape index (κ2) is 6.72. The standard InChI is InChI=1S/C16H20F2N4O2S/c1-9(21-25(23)15(2,3)4)12-13(18)11(17)6-10-7-16(5,8-20-22-19)24-14(10)12/h6H,7-8H2,1-5H3/b21-9+. The Morgan fingerprint density at radius 3 is 2.68 bits per heavy atom. The first kappa shape index (κ1) is 19.3. The van der Waals surface area contributed by atoms with E-state index in [0.717, 1.165) is 6.07 Å². The third-order valence-electron chi connectivity index (χ3n) is 3.74. The largest absolute Gasteiger partial charge is 0.486 e. The van der Waals surface area contributed by atoms with Crippen molar-refractivity contribution in [2.45, 2.75) is 51.4 Å². The van der Waals surface area contributed by atoms with Crippen LogP contribution in [0.25, 0.3) is 10.4 Å². The zero-order chi connectivity index (χ0) is 19.0. The SMILES string of the molecule is C/C(=N\S(=O)C(C)(C)C)c1c(F)c(F)cc2c1OC(C)(CN=[N+]=[N-])C2. The fourth-order valence-corrected chi connectivity index (χ4v) is 3.11. The molecule has 0 bridgehead atoms. The number of nitrogens with zero attached hydrogens (tertiary/aromatic N) is 4. The number of rotatable bonds is 4. The maximum Gasteiger partial charge on any atom is 0.171 e. The quantitative estimate of drug-likeness (QED) is 0.343. The molecule has 0 radical (unpaired) electrons. The van der Waals surface area contributed by atoms with Gasteiger partial charge in [0.25, 0.3) is 0 Å². The highest BCUT2D eigenvalue weighted by atomic mass is 32.2. The maximum atomic E-state index is 14.4. The van der Waals surface area contributed by atoms with Gasteiger partial charge in [-0.05, 0) is 46.2 Å². The summed E-state index contributed by atoms with van der Waals surface area (Å²) in [6.07, 6.45) is 0.265. The molecule has 1 aromatic rings. The molecule has 0 fully saturated rings. The van der Waals surface area contributed by atoms with Gasteiger partial charge in [0.1, 0.15) is 22.3 Å². The lowest BCUT2D eigenvalue weighted by Crippen LogP contribution is -2.33. The van der Waals surface area contributed by atoms with Gasteiger partial charge in [-0.3, -0.25) is 0 Å². The molecule has 0 saturated heterocycles. The molecule has 1 aliphatic heterocycles. The van der Waals surface area contributed by atoms with Crippen molar-refractivity contribution in [3.8, 4) is 5.75 Å². The number of azide groups is 1. The van der Waals surface area contributed by atoms with Crippen molar-refractivity contribution in [1.29, 1.82) is 0 Å². The van der Waals surface area contributed by atoms with Gasteiger partial charge in [0.2, 0.25) is 0 Å². The molecular formula is C16H20F2N4O2S. The molecule has 0 N–H and O–H groups in total. The van der Waals surface area contributed by atoms with Crippen LogP contribution in [-0.4, -0.2) is 26.8 Å². The van der Waals surface area contributed by atoms with Crippen molar-refractivity contribution in [1.82, 2.24) is 0 Å². The lowest BCUT2D eigenvalue weighted by atomic mass is 9.97. The van der Waals surface area contributed by atoms with E-state index in [2.05, 4.69) is 14.4 Å². The van der Waals surface area contributed by atoms with Crippen molar-refractivity contribution in [3.05, 3.63) is 39.3 Å². The van der Waals surface area contributed by atoms with E-state index >= 15 is 0 Å². The predicted octanol–water partition coefficient (Wildman–Crippen LogP) is 4.24. The maximum absolute atomic E-state index is 14.4. The van der Waals surface area contributed by atoms with Crippen LogP contribution in [0.2, 0.25) is 0 Å². The molecule has 2 unspecified atom stereocenters. The number of halogens is 2. The molecule has 0 aliphatic carbocycles. The van der Waals surface area contributed by atoms with Crippen molar-refractivity contribution in [3.63, 3.8) is 0 Å². The first-order chi connectivity index (χ1) is 11.5. The number of benzene rings is 1. The monoisotopic (exact) mass is 370 g/mol. The Hall–Kier alpha value is -1.99. The van der Waals surface area contributed by atoms with E-state index in [1.54, 1.807) is 27.7 Å². The van der Waals surface area contributed by atoms with Crippen LogP contribution in [0.4, 0.5) is 8.78 Å². The molecule has 9 heteroatoms. The van der Waals surface area contributed by atoms with Crippen LogP contribution in [-0.2, 0) is 17.4 Å². The van der Waals surface area contributed by atoms with Crippen molar-refractivity contribution in [2.24, 2.45) is 9.51 Å². The summed E-state index contributed by atoms with van der Waals surface area (Å²) in [6, 6.07) is 1.07.